The summed E-state index contributed by atoms with van der Waals surface area (Å²) in [4.78, 5) is 0.819. The smallest absolute Gasteiger partial charge is 0.126 e. The van der Waals surface area contributed by atoms with Crippen LogP contribution >= 0.6 is 0 Å². The summed E-state index contributed by atoms with van der Waals surface area (Å²) >= 11 is 0. The lowest BCUT2D eigenvalue weighted by Gasteiger charge is -2.22. The van der Waals surface area contributed by atoms with Gasteiger partial charge < -0.3 is 9.47 Å². The molecule has 0 fully saturated rings. The minimum Gasteiger partial charge on any atom is -0.496 e. The molecule has 0 aliphatic heterocycles. The van der Waals surface area contributed by atoms with E-state index in [1.165, 1.54) is 0 Å². The van der Waals surface area contributed by atoms with Crippen molar-refractivity contribution in [3.05, 3.63) is 83.4 Å². The Morgan fingerprint density at radius 1 is 0.893 bits per heavy atom. The first kappa shape index (κ1) is 20.3. The van der Waals surface area contributed by atoms with Crippen LogP contribution in [0.1, 0.15) is 22.8 Å². The zero-order chi connectivity index (χ0) is 20.1. The SMILES string of the molecule is COc1ccccc1-c1c(C)cccc1[C@H](C[S@@](=O)c1ccc(C)cc1)OC. The fourth-order valence-electron chi connectivity index (χ4n) is 3.39. The van der Waals surface area contributed by atoms with Crippen LogP contribution in [0.2, 0.25) is 0 Å². The minimum atomic E-state index is -1.16. The standard InChI is InChI=1S/C24H26O3S/c1-17-12-14-19(15-13-17)28(25)16-23(27-4)21-10-7-8-18(2)24(21)20-9-5-6-11-22(20)26-3/h5-15,23H,16H2,1-4H3/t23-,28+/m0/s1. The Labute approximate surface area is 169 Å². The van der Waals surface area contributed by atoms with Crippen molar-refractivity contribution < 1.29 is 13.7 Å². The third-order valence-electron chi connectivity index (χ3n) is 4.90. The maximum absolute atomic E-state index is 13.0. The number of benzene rings is 3. The van der Waals surface area contributed by atoms with Crippen molar-refractivity contribution in [2.45, 2.75) is 24.8 Å². The van der Waals surface area contributed by atoms with E-state index in [0.29, 0.717) is 5.75 Å². The second-order valence-corrected chi connectivity index (χ2v) is 8.28. The fraction of sp³-hybridized carbons (Fsp3) is 0.250. The van der Waals surface area contributed by atoms with Gasteiger partial charge >= 0.3 is 0 Å². The lowest BCUT2D eigenvalue weighted by Crippen LogP contribution is -2.13. The molecule has 0 amide bonds. The molecule has 3 aromatic carbocycles. The average molecular weight is 395 g/mol. The van der Waals surface area contributed by atoms with Gasteiger partial charge in [0.25, 0.3) is 0 Å². The maximum atomic E-state index is 13.0. The van der Waals surface area contributed by atoms with Crippen LogP contribution in [0.25, 0.3) is 11.1 Å². The molecular formula is C24H26O3S. The Bertz CT molecular complexity index is 964. The van der Waals surface area contributed by atoms with Crippen LogP contribution in [0, 0.1) is 13.8 Å². The summed E-state index contributed by atoms with van der Waals surface area (Å²) in [7, 11) is 2.19. The maximum Gasteiger partial charge on any atom is 0.126 e. The predicted molar refractivity (Wildman–Crippen MR) is 115 cm³/mol. The molecule has 0 aromatic heterocycles. The number of methoxy groups -OCH3 is 2. The van der Waals surface area contributed by atoms with Crippen molar-refractivity contribution >= 4 is 10.8 Å². The number of rotatable bonds is 7. The number of ether oxygens (including phenoxy) is 2. The molecule has 0 saturated heterocycles. The first-order valence-electron chi connectivity index (χ1n) is 9.26. The second kappa shape index (κ2) is 9.18. The number of hydrogen-bond donors (Lipinski definition) is 0. The van der Waals surface area contributed by atoms with Gasteiger partial charge in [0, 0.05) is 17.6 Å². The Morgan fingerprint density at radius 3 is 2.29 bits per heavy atom. The van der Waals surface area contributed by atoms with E-state index in [1.807, 2.05) is 61.5 Å². The van der Waals surface area contributed by atoms with Crippen molar-refractivity contribution in [2.24, 2.45) is 0 Å². The van der Waals surface area contributed by atoms with Gasteiger partial charge in [-0.1, -0.05) is 54.1 Å². The molecule has 4 heteroatoms. The van der Waals surface area contributed by atoms with E-state index in [0.717, 1.165) is 38.5 Å². The van der Waals surface area contributed by atoms with Gasteiger partial charge in [-0.3, -0.25) is 4.21 Å². The zero-order valence-electron chi connectivity index (χ0n) is 16.8. The zero-order valence-corrected chi connectivity index (χ0v) is 17.6. The van der Waals surface area contributed by atoms with Crippen molar-refractivity contribution in [1.29, 1.82) is 0 Å². The first-order chi connectivity index (χ1) is 13.5. The summed E-state index contributed by atoms with van der Waals surface area (Å²) in [6, 6.07) is 21.9. The summed E-state index contributed by atoms with van der Waals surface area (Å²) in [6.07, 6.45) is -0.290. The Morgan fingerprint density at radius 2 is 1.61 bits per heavy atom. The van der Waals surface area contributed by atoms with Crippen LogP contribution in [0.4, 0.5) is 0 Å². The Kier molecular flexibility index (Phi) is 6.65. The molecule has 0 bridgehead atoms. The van der Waals surface area contributed by atoms with E-state index in [2.05, 4.69) is 19.1 Å². The normalized spacial score (nSPS) is 13.1. The van der Waals surface area contributed by atoms with Crippen LogP contribution in [-0.2, 0) is 15.5 Å². The van der Waals surface area contributed by atoms with Crippen molar-refractivity contribution in [3.63, 3.8) is 0 Å². The van der Waals surface area contributed by atoms with Crippen LogP contribution in [0.5, 0.6) is 5.75 Å². The highest BCUT2D eigenvalue weighted by atomic mass is 32.2. The van der Waals surface area contributed by atoms with Gasteiger partial charge in [0.05, 0.1) is 29.8 Å². The summed E-state index contributed by atoms with van der Waals surface area (Å²) in [5, 5.41) is 0. The van der Waals surface area contributed by atoms with Crippen molar-refractivity contribution in [1.82, 2.24) is 0 Å². The van der Waals surface area contributed by atoms with E-state index in [4.69, 9.17) is 9.47 Å². The summed E-state index contributed by atoms with van der Waals surface area (Å²) in [5.74, 6) is 1.21. The third-order valence-corrected chi connectivity index (χ3v) is 6.30. The predicted octanol–water partition coefficient (Wildman–Crippen LogP) is 5.47. The highest BCUT2D eigenvalue weighted by molar-refractivity contribution is 7.85. The van der Waals surface area contributed by atoms with Crippen LogP contribution in [0.15, 0.2) is 71.6 Å². The van der Waals surface area contributed by atoms with Gasteiger partial charge in [0.2, 0.25) is 0 Å². The van der Waals surface area contributed by atoms with E-state index >= 15 is 0 Å². The monoisotopic (exact) mass is 394 g/mol. The molecule has 2 atom stereocenters. The molecule has 0 saturated carbocycles. The van der Waals surface area contributed by atoms with E-state index in [-0.39, 0.29) is 6.10 Å². The van der Waals surface area contributed by atoms with Gasteiger partial charge in [-0.25, -0.2) is 0 Å². The lowest BCUT2D eigenvalue weighted by molar-refractivity contribution is 0.123. The van der Waals surface area contributed by atoms with Crippen molar-refractivity contribution in [2.75, 3.05) is 20.0 Å². The van der Waals surface area contributed by atoms with Crippen LogP contribution in [0.3, 0.4) is 0 Å². The third kappa shape index (κ3) is 4.34. The summed E-state index contributed by atoms with van der Waals surface area (Å²) in [6.45, 7) is 4.10. The molecule has 3 nitrogen and oxygen atoms in total. The van der Waals surface area contributed by atoms with Crippen LogP contribution < -0.4 is 4.74 Å². The second-order valence-electron chi connectivity index (χ2n) is 6.79. The minimum absolute atomic E-state index is 0.290. The average Bonchev–Trinajstić information content (AvgIpc) is 2.72. The molecule has 0 N–H and O–H groups in total. The molecule has 0 aliphatic rings. The van der Waals surface area contributed by atoms with E-state index in [9.17, 15) is 4.21 Å². The van der Waals surface area contributed by atoms with Gasteiger partial charge in [0.1, 0.15) is 5.75 Å². The quantitative estimate of drug-likeness (QED) is 0.533. The van der Waals surface area contributed by atoms with E-state index in [1.54, 1.807) is 14.2 Å². The van der Waals surface area contributed by atoms with Gasteiger partial charge in [0.15, 0.2) is 0 Å². The molecule has 3 aromatic rings. The Balaban J connectivity index is 2.00. The first-order valence-corrected chi connectivity index (χ1v) is 10.6. The highest BCUT2D eigenvalue weighted by Gasteiger charge is 2.22. The number of hydrogen-bond acceptors (Lipinski definition) is 3. The molecule has 146 valence electrons. The van der Waals surface area contributed by atoms with Gasteiger partial charge in [-0.05, 0) is 48.7 Å². The molecule has 28 heavy (non-hydrogen) atoms. The molecule has 0 aliphatic carbocycles. The topological polar surface area (TPSA) is 35.5 Å². The molecule has 0 radical (unpaired) electrons. The molecule has 3 rings (SSSR count). The Hall–Kier alpha value is -2.43. The number of para-hydroxylation sites is 1. The molecule has 0 heterocycles. The summed E-state index contributed by atoms with van der Waals surface area (Å²) in [5.41, 5.74) is 5.40. The van der Waals surface area contributed by atoms with E-state index < -0.39 is 10.8 Å². The highest BCUT2D eigenvalue weighted by Crippen LogP contribution is 2.38. The van der Waals surface area contributed by atoms with Crippen molar-refractivity contribution in [3.8, 4) is 16.9 Å². The van der Waals surface area contributed by atoms with Gasteiger partial charge in [-0.2, -0.15) is 0 Å². The molecule has 0 unspecified atom stereocenters. The lowest BCUT2D eigenvalue weighted by atomic mass is 9.92. The molecular weight excluding hydrogens is 368 g/mol. The molecule has 0 spiro atoms. The number of aryl methyl sites for hydroxylation is 2. The fourth-order valence-corrected chi connectivity index (χ4v) is 4.61. The van der Waals surface area contributed by atoms with Crippen LogP contribution in [-0.4, -0.2) is 24.2 Å². The van der Waals surface area contributed by atoms with Gasteiger partial charge in [-0.15, -0.1) is 0 Å². The summed E-state index contributed by atoms with van der Waals surface area (Å²) < 4.78 is 24.4. The largest absolute Gasteiger partial charge is 0.496 e.